The van der Waals surface area contributed by atoms with E-state index >= 15 is 0 Å². The summed E-state index contributed by atoms with van der Waals surface area (Å²) in [6.07, 6.45) is 8.04. The number of hydrogen-bond donors (Lipinski definition) is 0. The minimum absolute atomic E-state index is 0.00678. The lowest BCUT2D eigenvalue weighted by molar-refractivity contribution is 0.00930. The van der Waals surface area contributed by atoms with Crippen molar-refractivity contribution in [3.63, 3.8) is 0 Å². The van der Waals surface area contributed by atoms with Crippen molar-refractivity contribution in [3.05, 3.63) is 39.9 Å². The smallest absolute Gasteiger partial charge is 0.338 e. The van der Waals surface area contributed by atoms with Crippen molar-refractivity contribution in [2.75, 3.05) is 0 Å². The molecule has 2 aromatic rings. The molecule has 5 heteroatoms. The second-order valence-corrected chi connectivity index (χ2v) is 9.77. The maximum atomic E-state index is 12.8. The lowest BCUT2D eigenvalue weighted by atomic mass is 9.72. The highest BCUT2D eigenvalue weighted by molar-refractivity contribution is 5.94. The molecular formula is C24H32N2O3. The van der Waals surface area contributed by atoms with Crippen LogP contribution in [-0.4, -0.2) is 21.6 Å². The first kappa shape index (κ1) is 20.1. The van der Waals surface area contributed by atoms with Crippen molar-refractivity contribution < 1.29 is 9.53 Å². The number of aryl methyl sites for hydroxylation is 1. The van der Waals surface area contributed by atoms with Crippen molar-refractivity contribution >= 4 is 16.9 Å². The third kappa shape index (κ3) is 4.24. The molecular weight excluding hydrogens is 364 g/mol. The van der Waals surface area contributed by atoms with E-state index < -0.39 is 0 Å². The van der Waals surface area contributed by atoms with Crippen molar-refractivity contribution in [1.82, 2.24) is 9.55 Å². The van der Waals surface area contributed by atoms with Crippen LogP contribution in [0.1, 0.15) is 81.9 Å². The maximum absolute atomic E-state index is 12.8. The van der Waals surface area contributed by atoms with Gasteiger partial charge in [0.1, 0.15) is 11.9 Å². The zero-order chi connectivity index (χ0) is 20.6. The van der Waals surface area contributed by atoms with Crippen LogP contribution in [0.5, 0.6) is 0 Å². The average Bonchev–Trinajstić information content (AvgIpc) is 2.93. The monoisotopic (exact) mass is 396 g/mol. The molecule has 0 saturated heterocycles. The molecule has 29 heavy (non-hydrogen) atoms. The fraction of sp³-hybridized carbons (Fsp3) is 0.625. The van der Waals surface area contributed by atoms with Gasteiger partial charge in [0.15, 0.2) is 0 Å². The van der Waals surface area contributed by atoms with E-state index in [1.807, 2.05) is 0 Å². The minimum Gasteiger partial charge on any atom is -0.459 e. The lowest BCUT2D eigenvalue weighted by Crippen LogP contribution is -2.30. The molecule has 0 bridgehead atoms. The van der Waals surface area contributed by atoms with Crippen LogP contribution in [-0.2, 0) is 17.7 Å². The number of hydrogen-bond acceptors (Lipinski definition) is 4. The fourth-order valence-electron chi connectivity index (χ4n) is 4.81. The predicted octanol–water partition coefficient (Wildman–Crippen LogP) is 4.88. The van der Waals surface area contributed by atoms with Gasteiger partial charge in [-0.1, -0.05) is 27.2 Å². The lowest BCUT2D eigenvalue weighted by Gasteiger charge is -2.36. The number of ether oxygens (including phenoxy) is 1. The van der Waals surface area contributed by atoms with Gasteiger partial charge in [0, 0.05) is 13.0 Å². The van der Waals surface area contributed by atoms with Crippen LogP contribution in [0.25, 0.3) is 10.9 Å². The third-order valence-electron chi connectivity index (χ3n) is 6.72. The molecule has 2 heterocycles. The van der Waals surface area contributed by atoms with Crippen molar-refractivity contribution in [3.8, 4) is 0 Å². The Bertz CT molecular complexity index is 962. The van der Waals surface area contributed by atoms with E-state index in [0.29, 0.717) is 27.8 Å². The van der Waals surface area contributed by atoms with Gasteiger partial charge in [-0.15, -0.1) is 0 Å². The summed E-state index contributed by atoms with van der Waals surface area (Å²) in [5, 5.41) is 0.581. The zero-order valence-corrected chi connectivity index (χ0v) is 17.9. The number of fused-ring (bicyclic) bond motifs is 2. The number of carbonyl (C=O) groups excluding carboxylic acids is 1. The molecule has 0 N–H and O–H groups in total. The Hall–Kier alpha value is -2.17. The van der Waals surface area contributed by atoms with Crippen LogP contribution in [0, 0.1) is 11.3 Å². The molecule has 0 amide bonds. The Kier molecular flexibility index (Phi) is 5.50. The van der Waals surface area contributed by atoms with Gasteiger partial charge in [-0.25, -0.2) is 9.78 Å². The number of nitrogens with zero attached hydrogens (tertiary/aromatic N) is 2. The summed E-state index contributed by atoms with van der Waals surface area (Å²) >= 11 is 0. The predicted molar refractivity (Wildman–Crippen MR) is 114 cm³/mol. The third-order valence-corrected chi connectivity index (χ3v) is 6.72. The van der Waals surface area contributed by atoms with E-state index in [4.69, 9.17) is 9.72 Å². The van der Waals surface area contributed by atoms with E-state index in [1.54, 1.807) is 22.8 Å². The summed E-state index contributed by atoms with van der Waals surface area (Å²) in [6.45, 7) is 7.60. The highest BCUT2D eigenvalue weighted by atomic mass is 16.5. The number of aromatic nitrogens is 2. The Morgan fingerprint density at radius 2 is 1.86 bits per heavy atom. The zero-order valence-electron chi connectivity index (χ0n) is 17.9. The molecule has 1 aliphatic carbocycles. The summed E-state index contributed by atoms with van der Waals surface area (Å²) in [5.41, 5.74) is 1.41. The molecule has 0 radical (unpaired) electrons. The van der Waals surface area contributed by atoms with Gasteiger partial charge in [-0.05, 0) is 68.1 Å². The van der Waals surface area contributed by atoms with Crippen LogP contribution in [0.15, 0.2) is 23.0 Å². The van der Waals surface area contributed by atoms with E-state index in [-0.39, 0.29) is 17.6 Å². The number of rotatable bonds is 2. The van der Waals surface area contributed by atoms with Crippen LogP contribution < -0.4 is 5.56 Å². The molecule has 0 atom stereocenters. The van der Waals surface area contributed by atoms with Gasteiger partial charge in [-0.2, -0.15) is 0 Å². The van der Waals surface area contributed by atoms with E-state index in [0.717, 1.165) is 63.7 Å². The average molecular weight is 397 g/mol. The molecule has 1 fully saturated rings. The summed E-state index contributed by atoms with van der Waals surface area (Å²) in [7, 11) is 0. The fourth-order valence-corrected chi connectivity index (χ4v) is 4.81. The molecule has 1 saturated carbocycles. The molecule has 156 valence electrons. The maximum Gasteiger partial charge on any atom is 0.338 e. The highest BCUT2D eigenvalue weighted by Crippen LogP contribution is 2.38. The summed E-state index contributed by atoms with van der Waals surface area (Å²) in [5.74, 6) is 1.22. The van der Waals surface area contributed by atoms with Gasteiger partial charge in [0.25, 0.3) is 5.56 Å². The van der Waals surface area contributed by atoms with Crippen LogP contribution in [0.3, 0.4) is 0 Å². The van der Waals surface area contributed by atoms with E-state index in [2.05, 4.69) is 20.8 Å². The molecule has 4 rings (SSSR count). The number of benzene rings is 1. The molecule has 5 nitrogen and oxygen atoms in total. The normalized spacial score (nSPS) is 22.7. The topological polar surface area (TPSA) is 61.2 Å². The van der Waals surface area contributed by atoms with Crippen LogP contribution >= 0.6 is 0 Å². The SMILES string of the molecule is CC(C)(C)C1CCC(OC(=O)c2ccc3c(=O)n4c(nc3c2)CCCCC4)CC1. The van der Waals surface area contributed by atoms with Crippen molar-refractivity contribution in [1.29, 1.82) is 0 Å². The van der Waals surface area contributed by atoms with E-state index in [9.17, 15) is 9.59 Å². The first-order chi connectivity index (χ1) is 13.8. The number of carbonyl (C=O) groups is 1. The van der Waals surface area contributed by atoms with Crippen molar-refractivity contribution in [2.24, 2.45) is 11.3 Å². The summed E-state index contributed by atoms with van der Waals surface area (Å²) in [4.78, 5) is 30.3. The standard InChI is InChI=1S/C24H32N2O3/c1-24(2,3)17-9-11-18(12-10-17)29-23(28)16-8-13-19-20(15-16)25-21-7-5-4-6-14-26(21)22(19)27/h8,13,15,17-18H,4-7,9-12,14H2,1-3H3. The van der Waals surface area contributed by atoms with Crippen LogP contribution in [0.4, 0.5) is 0 Å². The van der Waals surface area contributed by atoms with Gasteiger partial charge < -0.3 is 4.74 Å². The van der Waals surface area contributed by atoms with Gasteiger partial charge in [-0.3, -0.25) is 9.36 Å². The Morgan fingerprint density at radius 1 is 1.10 bits per heavy atom. The first-order valence-electron chi connectivity index (χ1n) is 11.1. The molecule has 0 spiro atoms. The van der Waals surface area contributed by atoms with Crippen molar-refractivity contribution in [2.45, 2.75) is 84.8 Å². The molecule has 0 unspecified atom stereocenters. The summed E-state index contributed by atoms with van der Waals surface area (Å²) in [6, 6.07) is 5.17. The van der Waals surface area contributed by atoms with E-state index in [1.165, 1.54) is 0 Å². The van der Waals surface area contributed by atoms with Gasteiger partial charge in [0.2, 0.25) is 0 Å². The molecule has 1 aromatic carbocycles. The second-order valence-electron chi connectivity index (χ2n) is 9.77. The first-order valence-corrected chi connectivity index (χ1v) is 11.1. The molecule has 1 aliphatic heterocycles. The van der Waals surface area contributed by atoms with Crippen LogP contribution in [0.2, 0.25) is 0 Å². The van der Waals surface area contributed by atoms with Gasteiger partial charge in [0.05, 0.1) is 16.5 Å². The Labute approximate surface area is 172 Å². The number of esters is 1. The Balaban J connectivity index is 1.51. The quantitative estimate of drug-likeness (QED) is 0.679. The molecule has 1 aromatic heterocycles. The largest absolute Gasteiger partial charge is 0.459 e. The summed E-state index contributed by atoms with van der Waals surface area (Å²) < 4.78 is 7.61. The second kappa shape index (κ2) is 7.92. The Morgan fingerprint density at radius 3 is 2.59 bits per heavy atom. The molecule has 2 aliphatic rings. The highest BCUT2D eigenvalue weighted by Gasteiger charge is 2.31. The van der Waals surface area contributed by atoms with Gasteiger partial charge >= 0.3 is 5.97 Å². The minimum atomic E-state index is -0.303.